The maximum Gasteiger partial charge on any atom is 0.192 e. The lowest BCUT2D eigenvalue weighted by atomic mass is 9.87. The number of hydrogen-bond acceptors (Lipinski definition) is 5. The fourth-order valence-electron chi connectivity index (χ4n) is 3.46. The summed E-state index contributed by atoms with van der Waals surface area (Å²) in [6.45, 7) is 16.0. The Morgan fingerprint density at radius 2 is 1.86 bits per heavy atom. The van der Waals surface area contributed by atoms with Gasteiger partial charge in [-0.3, -0.25) is 0 Å². The third-order valence-corrected chi connectivity index (χ3v) is 10.9. The summed E-state index contributed by atoms with van der Waals surface area (Å²) in [5, 5.41) is 0.0850. The minimum absolute atomic E-state index is 0.0504. The van der Waals surface area contributed by atoms with Crippen molar-refractivity contribution in [3.8, 4) is 5.75 Å². The van der Waals surface area contributed by atoms with Crippen LogP contribution < -0.4 is 4.74 Å². The van der Waals surface area contributed by atoms with E-state index >= 15 is 0 Å². The molecule has 0 bridgehead atoms. The molecule has 0 amide bonds. The van der Waals surface area contributed by atoms with E-state index in [1.54, 1.807) is 7.11 Å². The second-order valence-corrected chi connectivity index (χ2v) is 14.5. The summed E-state index contributed by atoms with van der Waals surface area (Å²) in [4.78, 5) is 11.4. The zero-order chi connectivity index (χ0) is 21.8. The van der Waals surface area contributed by atoms with Crippen LogP contribution in [0.2, 0.25) is 18.1 Å². The van der Waals surface area contributed by atoms with Gasteiger partial charge in [-0.2, -0.15) is 0 Å². The van der Waals surface area contributed by atoms with E-state index in [1.165, 1.54) is 0 Å². The zero-order valence-electron chi connectivity index (χ0n) is 19.2. The number of hydrogen-bond donors (Lipinski definition) is 0. The monoisotopic (exact) mass is 422 g/mol. The normalized spacial score (nSPS) is 25.3. The molecule has 1 aliphatic rings. The van der Waals surface area contributed by atoms with Gasteiger partial charge >= 0.3 is 0 Å². The maximum absolute atomic E-state index is 11.4. The molecule has 1 heterocycles. The Hall–Kier alpha value is -1.21. The van der Waals surface area contributed by atoms with Crippen LogP contribution in [0.4, 0.5) is 0 Å². The molecule has 1 aromatic rings. The predicted molar refractivity (Wildman–Crippen MR) is 118 cm³/mol. The van der Waals surface area contributed by atoms with E-state index in [0.29, 0.717) is 13.0 Å². The summed E-state index contributed by atoms with van der Waals surface area (Å²) < 4.78 is 24.2. The van der Waals surface area contributed by atoms with Gasteiger partial charge in [-0.05, 0) is 30.3 Å². The number of carbonyl (C=O) groups is 1. The van der Waals surface area contributed by atoms with Crippen molar-refractivity contribution < 1.29 is 23.4 Å². The molecule has 0 aliphatic carbocycles. The van der Waals surface area contributed by atoms with Crippen LogP contribution in [0.15, 0.2) is 24.3 Å². The number of carbonyl (C=O) groups excluding carboxylic acids is 1. The van der Waals surface area contributed by atoms with Gasteiger partial charge in [0.25, 0.3) is 0 Å². The number of rotatable bonds is 8. The van der Waals surface area contributed by atoms with Gasteiger partial charge in [-0.15, -0.1) is 0 Å². The second-order valence-electron chi connectivity index (χ2n) is 9.69. The molecule has 29 heavy (non-hydrogen) atoms. The van der Waals surface area contributed by atoms with Crippen molar-refractivity contribution in [2.24, 2.45) is 11.8 Å². The molecule has 6 heteroatoms. The maximum atomic E-state index is 11.4. The molecule has 164 valence electrons. The fourth-order valence-corrected chi connectivity index (χ4v) is 4.88. The first-order valence-corrected chi connectivity index (χ1v) is 13.4. The summed E-state index contributed by atoms with van der Waals surface area (Å²) in [6, 6.07) is 7.76. The van der Waals surface area contributed by atoms with Gasteiger partial charge in [0, 0.05) is 23.8 Å². The van der Waals surface area contributed by atoms with Gasteiger partial charge in [0.2, 0.25) is 0 Å². The molecular weight excluding hydrogens is 384 g/mol. The highest BCUT2D eigenvalue weighted by atomic mass is 28.4. The van der Waals surface area contributed by atoms with Crippen LogP contribution in [0.25, 0.3) is 0 Å². The third-order valence-electron chi connectivity index (χ3n) is 6.43. The molecule has 1 aliphatic heterocycles. The van der Waals surface area contributed by atoms with Crippen LogP contribution >= 0.6 is 0 Å². The van der Waals surface area contributed by atoms with Crippen LogP contribution in [0.1, 0.15) is 52.9 Å². The molecule has 0 unspecified atom stereocenters. The zero-order valence-corrected chi connectivity index (χ0v) is 20.2. The largest absolute Gasteiger partial charge is 0.497 e. The first-order chi connectivity index (χ1) is 13.5. The summed E-state index contributed by atoms with van der Waals surface area (Å²) in [6.07, 6.45) is 0.725. The van der Waals surface area contributed by atoms with Crippen LogP contribution in [-0.2, 0) is 18.7 Å². The summed E-state index contributed by atoms with van der Waals surface area (Å²) in [5.41, 5.74) is 0.965. The fraction of sp³-hybridized carbons (Fsp3) is 0.696. The smallest absolute Gasteiger partial charge is 0.192 e. The first-order valence-electron chi connectivity index (χ1n) is 10.5. The first kappa shape index (κ1) is 24.1. The Balaban J connectivity index is 2.17. The van der Waals surface area contributed by atoms with Crippen LogP contribution in [0.5, 0.6) is 5.75 Å². The van der Waals surface area contributed by atoms with Crippen molar-refractivity contribution >= 4 is 14.6 Å². The lowest BCUT2D eigenvalue weighted by Crippen LogP contribution is -2.49. The molecule has 2 rings (SSSR count). The Kier molecular flexibility index (Phi) is 8.07. The van der Waals surface area contributed by atoms with E-state index in [4.69, 9.17) is 18.6 Å². The quantitative estimate of drug-likeness (QED) is 0.417. The average molecular weight is 423 g/mol. The summed E-state index contributed by atoms with van der Waals surface area (Å²) in [7, 11) is -0.354. The molecule has 0 spiro atoms. The minimum Gasteiger partial charge on any atom is -0.497 e. The van der Waals surface area contributed by atoms with Crippen LogP contribution in [0.3, 0.4) is 0 Å². The number of methoxy groups -OCH3 is 1. The molecule has 5 atom stereocenters. The topological polar surface area (TPSA) is 54.0 Å². The van der Waals surface area contributed by atoms with Crippen LogP contribution in [0, 0.1) is 11.8 Å². The predicted octanol–water partition coefficient (Wildman–Crippen LogP) is 5.36. The van der Waals surface area contributed by atoms with E-state index in [9.17, 15) is 4.79 Å². The molecular formula is C23H38O5Si. The van der Waals surface area contributed by atoms with Crippen LogP contribution in [-0.4, -0.2) is 40.5 Å². The lowest BCUT2D eigenvalue weighted by molar-refractivity contribution is -0.255. The average Bonchev–Trinajstić information content (AvgIpc) is 2.66. The molecule has 1 saturated heterocycles. The molecule has 0 radical (unpaired) electrons. The van der Waals surface area contributed by atoms with E-state index in [0.717, 1.165) is 17.6 Å². The Morgan fingerprint density at radius 3 is 2.38 bits per heavy atom. The SMILES string of the molecule is COc1ccc([C@H]2OC[C@@H](C)[C@@H]([C@H](C)[C@@H](CC=O)O[Si](C)(C)C(C)(C)C)O2)cc1. The molecule has 0 N–H and O–H groups in total. The highest BCUT2D eigenvalue weighted by molar-refractivity contribution is 6.74. The molecule has 0 aromatic heterocycles. The third kappa shape index (κ3) is 5.91. The lowest BCUT2D eigenvalue weighted by Gasteiger charge is -2.44. The Bertz CT molecular complexity index is 652. The van der Waals surface area contributed by atoms with Gasteiger partial charge in [0.15, 0.2) is 14.6 Å². The number of benzene rings is 1. The van der Waals surface area contributed by atoms with Crippen molar-refractivity contribution in [2.45, 2.75) is 77.7 Å². The number of aldehydes is 1. The van der Waals surface area contributed by atoms with Crippen molar-refractivity contribution in [3.63, 3.8) is 0 Å². The van der Waals surface area contributed by atoms with Gasteiger partial charge in [-0.25, -0.2) is 0 Å². The van der Waals surface area contributed by atoms with E-state index in [-0.39, 0.29) is 29.1 Å². The molecule has 1 fully saturated rings. The van der Waals surface area contributed by atoms with Crippen molar-refractivity contribution in [1.82, 2.24) is 0 Å². The minimum atomic E-state index is -2.00. The van der Waals surface area contributed by atoms with E-state index in [1.807, 2.05) is 24.3 Å². The van der Waals surface area contributed by atoms with Crippen molar-refractivity contribution in [3.05, 3.63) is 29.8 Å². The second kappa shape index (κ2) is 9.73. The Morgan fingerprint density at radius 1 is 1.24 bits per heavy atom. The van der Waals surface area contributed by atoms with Gasteiger partial charge in [-0.1, -0.05) is 46.8 Å². The molecule has 1 aromatic carbocycles. The van der Waals surface area contributed by atoms with Gasteiger partial charge in [0.05, 0.1) is 25.9 Å². The number of ether oxygens (including phenoxy) is 3. The van der Waals surface area contributed by atoms with Gasteiger partial charge in [0.1, 0.15) is 12.0 Å². The van der Waals surface area contributed by atoms with E-state index in [2.05, 4.69) is 47.7 Å². The highest BCUT2D eigenvalue weighted by Gasteiger charge is 2.43. The highest BCUT2D eigenvalue weighted by Crippen LogP contribution is 2.40. The Labute approximate surface area is 177 Å². The van der Waals surface area contributed by atoms with E-state index < -0.39 is 14.6 Å². The summed E-state index contributed by atoms with van der Waals surface area (Å²) in [5.74, 6) is 1.10. The van der Waals surface area contributed by atoms with Crippen molar-refractivity contribution in [1.29, 1.82) is 0 Å². The molecule has 0 saturated carbocycles. The van der Waals surface area contributed by atoms with Gasteiger partial charge < -0.3 is 23.4 Å². The summed E-state index contributed by atoms with van der Waals surface area (Å²) >= 11 is 0. The van der Waals surface area contributed by atoms with Crippen molar-refractivity contribution in [2.75, 3.05) is 13.7 Å². The molecule has 5 nitrogen and oxygen atoms in total. The standard InChI is InChI=1S/C23H38O5Si/c1-16-15-26-22(18-9-11-19(25-6)12-10-18)27-21(16)17(2)20(13-14-24)28-29(7,8)23(3,4)5/h9-12,14,16-17,20-22H,13,15H2,1-8H3/t16-,17-,20-,21+,22+/m1/s1.